The van der Waals surface area contributed by atoms with E-state index in [1.165, 1.54) is 31.2 Å². The van der Waals surface area contributed by atoms with Crippen LogP contribution in [0.1, 0.15) is 31.1 Å². The molecule has 2 N–H and O–H groups in total. The predicted molar refractivity (Wildman–Crippen MR) is 112 cm³/mol. The van der Waals surface area contributed by atoms with Gasteiger partial charge in [-0.2, -0.15) is 0 Å². The molecule has 9 nitrogen and oxygen atoms in total. The molecule has 1 saturated heterocycles. The van der Waals surface area contributed by atoms with Crippen LogP contribution in [0.3, 0.4) is 0 Å². The fraction of sp³-hybridized carbons (Fsp3) is 0.600. The summed E-state index contributed by atoms with van der Waals surface area (Å²) in [5.41, 5.74) is 0.172. The van der Waals surface area contributed by atoms with Crippen molar-refractivity contribution in [3.8, 4) is 0 Å². The third kappa shape index (κ3) is 7.67. The van der Waals surface area contributed by atoms with Crippen LogP contribution in [0.25, 0.3) is 0 Å². The first-order valence-electron chi connectivity index (χ1n) is 10.1. The minimum Gasteiger partial charge on any atom is -0.449 e. The van der Waals surface area contributed by atoms with Crippen molar-refractivity contribution < 1.29 is 27.5 Å². The smallest absolute Gasteiger partial charge is 0.338 e. The molecule has 1 fully saturated rings. The second kappa shape index (κ2) is 11.4. The van der Waals surface area contributed by atoms with E-state index in [1.807, 2.05) is 13.8 Å². The van der Waals surface area contributed by atoms with E-state index in [4.69, 9.17) is 9.47 Å². The van der Waals surface area contributed by atoms with Crippen LogP contribution >= 0.6 is 0 Å². The lowest BCUT2D eigenvalue weighted by atomic mass is 10.2. The number of carbonyl (C=O) groups excluding carboxylic acids is 2. The summed E-state index contributed by atoms with van der Waals surface area (Å²) in [7, 11) is -3.63. The van der Waals surface area contributed by atoms with E-state index < -0.39 is 22.1 Å². The van der Waals surface area contributed by atoms with E-state index in [2.05, 4.69) is 14.9 Å². The van der Waals surface area contributed by atoms with Crippen molar-refractivity contribution in [1.29, 1.82) is 0 Å². The number of esters is 1. The van der Waals surface area contributed by atoms with Crippen molar-refractivity contribution in [2.45, 2.75) is 31.8 Å². The number of carbonyl (C=O) groups is 2. The molecule has 1 aliphatic heterocycles. The quantitative estimate of drug-likeness (QED) is 0.512. The largest absolute Gasteiger partial charge is 0.449 e. The van der Waals surface area contributed by atoms with Gasteiger partial charge in [0, 0.05) is 32.7 Å². The second-order valence-electron chi connectivity index (χ2n) is 7.56. The Balaban J connectivity index is 1.82. The Morgan fingerprint density at radius 2 is 1.77 bits per heavy atom. The van der Waals surface area contributed by atoms with Gasteiger partial charge in [-0.3, -0.25) is 9.69 Å². The van der Waals surface area contributed by atoms with E-state index >= 15 is 0 Å². The number of hydrogen-bond acceptors (Lipinski definition) is 7. The van der Waals surface area contributed by atoms with Crippen LogP contribution in [-0.2, 0) is 24.3 Å². The summed E-state index contributed by atoms with van der Waals surface area (Å²) in [5, 5.41) is 2.75. The monoisotopic (exact) mass is 441 g/mol. The lowest BCUT2D eigenvalue weighted by molar-refractivity contribution is -0.129. The SMILES string of the molecule is CC(C)CNS(=O)(=O)c1ccc(C(=O)OC(C)C(=O)NCCN2CCOCC2)cc1. The molecule has 1 aromatic rings. The van der Waals surface area contributed by atoms with Crippen LogP contribution in [0.15, 0.2) is 29.2 Å². The Morgan fingerprint density at radius 1 is 1.13 bits per heavy atom. The fourth-order valence-corrected chi connectivity index (χ4v) is 3.93. The van der Waals surface area contributed by atoms with Crippen LogP contribution in [0, 0.1) is 5.92 Å². The minimum absolute atomic E-state index is 0.0635. The van der Waals surface area contributed by atoms with Crippen molar-refractivity contribution in [2.75, 3.05) is 45.9 Å². The molecule has 0 saturated carbocycles. The highest BCUT2D eigenvalue weighted by molar-refractivity contribution is 7.89. The van der Waals surface area contributed by atoms with Crippen molar-refractivity contribution in [1.82, 2.24) is 14.9 Å². The molecule has 1 aromatic carbocycles. The van der Waals surface area contributed by atoms with Crippen LogP contribution in [0.2, 0.25) is 0 Å². The summed E-state index contributed by atoms with van der Waals surface area (Å²) in [6, 6.07) is 5.42. The van der Waals surface area contributed by atoms with Gasteiger partial charge in [0.2, 0.25) is 10.0 Å². The zero-order valence-electron chi connectivity index (χ0n) is 17.7. The highest BCUT2D eigenvalue weighted by Crippen LogP contribution is 2.12. The van der Waals surface area contributed by atoms with E-state index in [0.717, 1.165) is 13.1 Å². The van der Waals surface area contributed by atoms with Gasteiger partial charge in [-0.05, 0) is 37.1 Å². The van der Waals surface area contributed by atoms with E-state index in [9.17, 15) is 18.0 Å². The summed E-state index contributed by atoms with van der Waals surface area (Å²) < 4.78 is 37.4. The lowest BCUT2D eigenvalue weighted by Gasteiger charge is -2.26. The van der Waals surface area contributed by atoms with Crippen molar-refractivity contribution in [3.63, 3.8) is 0 Å². The Morgan fingerprint density at radius 3 is 2.37 bits per heavy atom. The Bertz CT molecular complexity index is 804. The predicted octanol–water partition coefficient (Wildman–Crippen LogP) is 0.615. The Hall–Kier alpha value is -2.01. The fourth-order valence-electron chi connectivity index (χ4n) is 2.72. The summed E-state index contributed by atoms with van der Waals surface area (Å²) in [5.74, 6) is -0.894. The average Bonchev–Trinajstić information content (AvgIpc) is 2.73. The molecule has 10 heteroatoms. The molecule has 0 spiro atoms. The standard InChI is InChI=1S/C20H31N3O6S/c1-15(2)14-22-30(26,27)18-6-4-17(5-7-18)20(25)29-16(3)19(24)21-8-9-23-10-12-28-13-11-23/h4-7,15-16,22H,8-14H2,1-3H3,(H,21,24). The number of nitrogens with one attached hydrogen (secondary N) is 2. The normalized spacial score (nSPS) is 16.3. The van der Waals surface area contributed by atoms with E-state index in [-0.39, 0.29) is 22.3 Å². The first-order valence-corrected chi connectivity index (χ1v) is 11.6. The topological polar surface area (TPSA) is 114 Å². The summed E-state index contributed by atoms with van der Waals surface area (Å²) >= 11 is 0. The number of hydrogen-bond donors (Lipinski definition) is 2. The zero-order valence-corrected chi connectivity index (χ0v) is 18.5. The third-order valence-electron chi connectivity index (χ3n) is 4.57. The highest BCUT2D eigenvalue weighted by Gasteiger charge is 2.20. The molecule has 1 heterocycles. The van der Waals surface area contributed by atoms with Crippen LogP contribution in [-0.4, -0.2) is 77.2 Å². The number of morpholine rings is 1. The molecule has 168 valence electrons. The number of sulfonamides is 1. The van der Waals surface area contributed by atoms with Gasteiger partial charge < -0.3 is 14.8 Å². The molecule has 1 aliphatic rings. The van der Waals surface area contributed by atoms with Gasteiger partial charge in [0.1, 0.15) is 0 Å². The number of amides is 1. The molecule has 0 radical (unpaired) electrons. The van der Waals surface area contributed by atoms with Crippen molar-refractivity contribution in [3.05, 3.63) is 29.8 Å². The molecule has 0 bridgehead atoms. The molecule has 1 amide bonds. The molecule has 1 unspecified atom stereocenters. The maximum absolute atomic E-state index is 12.3. The second-order valence-corrected chi connectivity index (χ2v) is 9.33. The van der Waals surface area contributed by atoms with Crippen LogP contribution < -0.4 is 10.0 Å². The third-order valence-corrected chi connectivity index (χ3v) is 6.01. The molecule has 2 rings (SSSR count). The van der Waals surface area contributed by atoms with Gasteiger partial charge in [-0.15, -0.1) is 0 Å². The van der Waals surface area contributed by atoms with Crippen molar-refractivity contribution in [2.24, 2.45) is 5.92 Å². The van der Waals surface area contributed by atoms with Gasteiger partial charge >= 0.3 is 5.97 Å². The first kappa shape index (κ1) is 24.3. The summed E-state index contributed by atoms with van der Waals surface area (Å²) in [4.78, 5) is 26.7. The minimum atomic E-state index is -3.63. The highest BCUT2D eigenvalue weighted by atomic mass is 32.2. The van der Waals surface area contributed by atoms with Gasteiger partial charge in [0.25, 0.3) is 5.91 Å². The number of benzene rings is 1. The number of rotatable bonds is 10. The average molecular weight is 442 g/mol. The zero-order chi connectivity index (χ0) is 22.1. The van der Waals surface area contributed by atoms with E-state index in [0.29, 0.717) is 32.8 Å². The van der Waals surface area contributed by atoms with Gasteiger partial charge in [0.15, 0.2) is 6.10 Å². The lowest BCUT2D eigenvalue weighted by Crippen LogP contribution is -2.43. The molecule has 0 aromatic heterocycles. The molecule has 30 heavy (non-hydrogen) atoms. The molecular formula is C20H31N3O6S. The van der Waals surface area contributed by atoms with Crippen LogP contribution in [0.4, 0.5) is 0 Å². The molecular weight excluding hydrogens is 410 g/mol. The maximum Gasteiger partial charge on any atom is 0.338 e. The summed E-state index contributed by atoms with van der Waals surface area (Å²) in [6.45, 7) is 9.83. The van der Waals surface area contributed by atoms with Crippen LogP contribution in [0.5, 0.6) is 0 Å². The maximum atomic E-state index is 12.3. The Kier molecular flexibility index (Phi) is 9.22. The van der Waals surface area contributed by atoms with Crippen molar-refractivity contribution >= 4 is 21.9 Å². The van der Waals surface area contributed by atoms with Gasteiger partial charge in [0.05, 0.1) is 23.7 Å². The van der Waals surface area contributed by atoms with Gasteiger partial charge in [-0.1, -0.05) is 13.8 Å². The molecule has 1 atom stereocenters. The molecule has 0 aliphatic carbocycles. The van der Waals surface area contributed by atoms with E-state index in [1.54, 1.807) is 0 Å². The number of nitrogens with zero attached hydrogens (tertiary/aromatic N) is 1. The first-order chi connectivity index (χ1) is 14.2. The summed E-state index contributed by atoms with van der Waals surface area (Å²) in [6.07, 6.45) is -0.960. The Labute approximate surface area is 178 Å². The van der Waals surface area contributed by atoms with Gasteiger partial charge in [-0.25, -0.2) is 17.9 Å². The number of ether oxygens (including phenoxy) is 2.